The molecular formula is C15H18BrN3. The number of nitrogens with one attached hydrogen (secondary N) is 1. The zero-order valence-corrected chi connectivity index (χ0v) is 12.7. The van der Waals surface area contributed by atoms with Gasteiger partial charge in [-0.05, 0) is 31.5 Å². The van der Waals surface area contributed by atoms with Crippen molar-refractivity contribution in [2.75, 3.05) is 25.0 Å². The number of hydrogen-bond donors (Lipinski definition) is 1. The highest BCUT2D eigenvalue weighted by Crippen LogP contribution is 2.29. The van der Waals surface area contributed by atoms with E-state index >= 15 is 0 Å². The second-order valence-electron chi connectivity index (χ2n) is 5.14. The van der Waals surface area contributed by atoms with Crippen LogP contribution in [0, 0.1) is 0 Å². The molecule has 0 radical (unpaired) electrons. The molecule has 4 heteroatoms. The highest BCUT2D eigenvalue weighted by atomic mass is 79.9. The van der Waals surface area contributed by atoms with Crippen LogP contribution < -0.4 is 10.2 Å². The van der Waals surface area contributed by atoms with Crippen LogP contribution in [-0.4, -0.2) is 31.2 Å². The van der Waals surface area contributed by atoms with Crippen molar-refractivity contribution in [1.82, 2.24) is 10.3 Å². The monoisotopic (exact) mass is 319 g/mol. The van der Waals surface area contributed by atoms with Crippen LogP contribution in [0.3, 0.4) is 0 Å². The van der Waals surface area contributed by atoms with Crippen LogP contribution in [0.15, 0.2) is 34.9 Å². The van der Waals surface area contributed by atoms with Gasteiger partial charge < -0.3 is 10.2 Å². The molecule has 1 aliphatic rings. The second kappa shape index (κ2) is 5.47. The number of pyridine rings is 1. The Labute approximate surface area is 122 Å². The smallest absolute Gasteiger partial charge is 0.136 e. The number of rotatable bonds is 3. The lowest BCUT2D eigenvalue weighted by molar-refractivity contribution is 0.598. The molecule has 3 nitrogen and oxygen atoms in total. The predicted molar refractivity (Wildman–Crippen MR) is 83.7 cm³/mol. The van der Waals surface area contributed by atoms with Gasteiger partial charge in [-0.3, -0.25) is 0 Å². The zero-order valence-electron chi connectivity index (χ0n) is 11.1. The third-order valence-corrected chi connectivity index (χ3v) is 4.44. The van der Waals surface area contributed by atoms with Crippen LogP contribution in [0.5, 0.6) is 0 Å². The zero-order chi connectivity index (χ0) is 13.2. The molecule has 2 aromatic rings. The van der Waals surface area contributed by atoms with Crippen molar-refractivity contribution in [2.24, 2.45) is 0 Å². The first-order valence-electron chi connectivity index (χ1n) is 6.73. The summed E-state index contributed by atoms with van der Waals surface area (Å²) in [5, 5.41) is 5.96. The van der Waals surface area contributed by atoms with Crippen molar-refractivity contribution < 1.29 is 0 Å². The fourth-order valence-corrected chi connectivity index (χ4v) is 3.29. The lowest BCUT2D eigenvalue weighted by Gasteiger charge is -2.23. The number of anilines is 1. The lowest BCUT2D eigenvalue weighted by atomic mass is 10.1. The molecule has 0 bridgehead atoms. The number of likely N-dealkylation sites (N-methyl/N-ethyl adjacent to an activating group) is 1. The highest BCUT2D eigenvalue weighted by Gasteiger charge is 2.17. The number of nitrogens with zero attached hydrogens (tertiary/aromatic N) is 2. The summed E-state index contributed by atoms with van der Waals surface area (Å²) in [5.41, 5.74) is 0. The summed E-state index contributed by atoms with van der Waals surface area (Å²) in [7, 11) is 2.13. The van der Waals surface area contributed by atoms with Gasteiger partial charge in [0.05, 0.1) is 0 Å². The van der Waals surface area contributed by atoms with E-state index in [1.54, 1.807) is 0 Å². The van der Waals surface area contributed by atoms with E-state index in [1.165, 1.54) is 23.6 Å². The Morgan fingerprint density at radius 2 is 2.26 bits per heavy atom. The van der Waals surface area contributed by atoms with Gasteiger partial charge in [-0.25, -0.2) is 4.98 Å². The Kier molecular flexibility index (Phi) is 3.71. The summed E-state index contributed by atoms with van der Waals surface area (Å²) >= 11 is 3.61. The Morgan fingerprint density at radius 3 is 3.05 bits per heavy atom. The molecule has 1 aliphatic heterocycles. The van der Waals surface area contributed by atoms with E-state index in [-0.39, 0.29) is 0 Å². The van der Waals surface area contributed by atoms with Gasteiger partial charge >= 0.3 is 0 Å². The van der Waals surface area contributed by atoms with E-state index in [0.717, 1.165) is 23.4 Å². The normalized spacial score (nSPS) is 18.9. The Bertz CT molecular complexity index is 579. The largest absolute Gasteiger partial charge is 0.358 e. The van der Waals surface area contributed by atoms with Crippen LogP contribution in [-0.2, 0) is 0 Å². The maximum Gasteiger partial charge on any atom is 0.136 e. The van der Waals surface area contributed by atoms with Crippen molar-refractivity contribution in [2.45, 2.75) is 18.9 Å². The summed E-state index contributed by atoms with van der Waals surface area (Å²) < 4.78 is 1.13. The molecular weight excluding hydrogens is 302 g/mol. The van der Waals surface area contributed by atoms with Crippen molar-refractivity contribution in [3.8, 4) is 0 Å². The first-order valence-corrected chi connectivity index (χ1v) is 7.53. The second-order valence-corrected chi connectivity index (χ2v) is 6.00. The third kappa shape index (κ3) is 2.60. The first kappa shape index (κ1) is 12.9. The number of aromatic nitrogens is 1. The minimum Gasteiger partial charge on any atom is -0.358 e. The molecule has 1 fully saturated rings. The molecule has 0 spiro atoms. The number of hydrogen-bond acceptors (Lipinski definition) is 3. The fraction of sp³-hybridized carbons (Fsp3) is 0.400. The van der Waals surface area contributed by atoms with Gasteiger partial charge in [-0.15, -0.1) is 0 Å². The maximum absolute atomic E-state index is 4.57. The molecule has 1 unspecified atom stereocenters. The Hall–Kier alpha value is -1.13. The Balaban J connectivity index is 1.93. The van der Waals surface area contributed by atoms with E-state index in [1.807, 2.05) is 6.20 Å². The van der Waals surface area contributed by atoms with E-state index in [0.29, 0.717) is 6.04 Å². The molecule has 0 aliphatic carbocycles. The SMILES string of the molecule is CN(CC1CCCN1)c1nccc2c(Br)cccc12. The lowest BCUT2D eigenvalue weighted by Crippen LogP contribution is -2.35. The number of benzene rings is 1. The summed E-state index contributed by atoms with van der Waals surface area (Å²) in [5.74, 6) is 1.06. The van der Waals surface area contributed by atoms with E-state index in [9.17, 15) is 0 Å². The van der Waals surface area contributed by atoms with Crippen molar-refractivity contribution in [1.29, 1.82) is 0 Å². The van der Waals surface area contributed by atoms with Crippen molar-refractivity contribution in [3.63, 3.8) is 0 Å². The molecule has 1 atom stereocenters. The average Bonchev–Trinajstić information content (AvgIpc) is 2.91. The highest BCUT2D eigenvalue weighted by molar-refractivity contribution is 9.10. The van der Waals surface area contributed by atoms with Gasteiger partial charge in [0.15, 0.2) is 0 Å². The van der Waals surface area contributed by atoms with Crippen LogP contribution in [0.1, 0.15) is 12.8 Å². The van der Waals surface area contributed by atoms with E-state index < -0.39 is 0 Å². The summed E-state index contributed by atoms with van der Waals surface area (Å²) in [4.78, 5) is 6.83. The van der Waals surface area contributed by atoms with Gasteiger partial charge in [-0.2, -0.15) is 0 Å². The molecule has 19 heavy (non-hydrogen) atoms. The van der Waals surface area contributed by atoms with Crippen LogP contribution in [0.2, 0.25) is 0 Å². The molecule has 100 valence electrons. The quantitative estimate of drug-likeness (QED) is 0.941. The molecule has 0 saturated carbocycles. The van der Waals surface area contributed by atoms with Gasteiger partial charge in [-0.1, -0.05) is 28.1 Å². The molecule has 1 aromatic heterocycles. The minimum absolute atomic E-state index is 0.592. The minimum atomic E-state index is 0.592. The predicted octanol–water partition coefficient (Wildman–Crippen LogP) is 3.19. The fourth-order valence-electron chi connectivity index (χ4n) is 2.79. The molecule has 1 aromatic carbocycles. The average molecular weight is 320 g/mol. The first-order chi connectivity index (χ1) is 9.25. The van der Waals surface area contributed by atoms with Crippen LogP contribution in [0.25, 0.3) is 10.8 Å². The van der Waals surface area contributed by atoms with Crippen LogP contribution >= 0.6 is 15.9 Å². The Morgan fingerprint density at radius 1 is 1.37 bits per heavy atom. The van der Waals surface area contributed by atoms with Crippen molar-refractivity contribution in [3.05, 3.63) is 34.9 Å². The van der Waals surface area contributed by atoms with Gasteiger partial charge in [0.25, 0.3) is 0 Å². The van der Waals surface area contributed by atoms with Gasteiger partial charge in [0, 0.05) is 41.1 Å². The van der Waals surface area contributed by atoms with E-state index in [2.05, 4.69) is 62.4 Å². The molecule has 1 N–H and O–H groups in total. The van der Waals surface area contributed by atoms with Crippen LogP contribution in [0.4, 0.5) is 5.82 Å². The van der Waals surface area contributed by atoms with E-state index in [4.69, 9.17) is 0 Å². The summed E-state index contributed by atoms with van der Waals surface area (Å²) in [6.07, 6.45) is 4.44. The number of fused-ring (bicyclic) bond motifs is 1. The molecule has 0 amide bonds. The molecule has 3 rings (SSSR count). The molecule has 1 saturated heterocycles. The standard InChI is InChI=1S/C15H18BrN3/c1-19(10-11-4-3-8-17-11)15-13-5-2-6-14(16)12(13)7-9-18-15/h2,5-7,9,11,17H,3-4,8,10H2,1H3. The van der Waals surface area contributed by atoms with Gasteiger partial charge in [0.2, 0.25) is 0 Å². The third-order valence-electron chi connectivity index (χ3n) is 3.75. The van der Waals surface area contributed by atoms with Crippen molar-refractivity contribution >= 4 is 32.5 Å². The maximum atomic E-state index is 4.57. The number of halogens is 1. The topological polar surface area (TPSA) is 28.2 Å². The molecule has 2 heterocycles. The summed E-state index contributed by atoms with van der Waals surface area (Å²) in [6.45, 7) is 2.16. The van der Waals surface area contributed by atoms with Gasteiger partial charge in [0.1, 0.15) is 5.82 Å². The summed E-state index contributed by atoms with van der Waals surface area (Å²) in [6, 6.07) is 8.93.